The van der Waals surface area contributed by atoms with E-state index in [1.165, 1.54) is 12.5 Å². The average molecular weight is 336 g/mol. The lowest BCUT2D eigenvalue weighted by Gasteiger charge is -2.23. The summed E-state index contributed by atoms with van der Waals surface area (Å²) in [6.45, 7) is 0. The summed E-state index contributed by atoms with van der Waals surface area (Å²) in [5.41, 5.74) is 0.447. The van der Waals surface area contributed by atoms with Crippen LogP contribution in [0.1, 0.15) is 44.1 Å². The van der Waals surface area contributed by atoms with Crippen molar-refractivity contribution in [2.24, 2.45) is 10.9 Å². The number of aliphatic carboxylic acids is 1. The molecule has 6 nitrogen and oxygen atoms in total. The van der Waals surface area contributed by atoms with Crippen LogP contribution in [0.3, 0.4) is 0 Å². The van der Waals surface area contributed by atoms with Gasteiger partial charge in [-0.25, -0.2) is 13.2 Å². The van der Waals surface area contributed by atoms with Crippen LogP contribution in [0.4, 0.5) is 0 Å². The molecule has 0 bridgehead atoms. The lowest BCUT2D eigenvalue weighted by molar-refractivity contribution is -0.138. The summed E-state index contributed by atoms with van der Waals surface area (Å²) in [5, 5.41) is 9.46. The van der Waals surface area contributed by atoms with Gasteiger partial charge >= 0.3 is 5.97 Å². The number of carboxylic acid groups (broad SMARTS) is 1. The van der Waals surface area contributed by atoms with E-state index in [9.17, 15) is 18.3 Å². The Kier molecular flexibility index (Phi) is 4.39. The molecule has 2 aliphatic rings. The third-order valence-corrected chi connectivity index (χ3v) is 5.91. The van der Waals surface area contributed by atoms with Crippen molar-refractivity contribution in [3.05, 3.63) is 29.8 Å². The van der Waals surface area contributed by atoms with Crippen LogP contribution in [0.25, 0.3) is 0 Å². The molecule has 1 aliphatic carbocycles. The highest BCUT2D eigenvalue weighted by Crippen LogP contribution is 2.29. The number of benzene rings is 1. The van der Waals surface area contributed by atoms with Crippen molar-refractivity contribution in [1.82, 2.24) is 4.72 Å². The Bertz CT molecular complexity index is 736. The molecular formula is C16H20N2O4S. The van der Waals surface area contributed by atoms with Gasteiger partial charge in [0, 0.05) is 5.56 Å². The molecule has 0 aromatic heterocycles. The number of hydrogen-bond acceptors (Lipinski definition) is 4. The van der Waals surface area contributed by atoms with Gasteiger partial charge < -0.3 is 5.11 Å². The zero-order valence-corrected chi connectivity index (χ0v) is 13.6. The number of nitrogens with zero attached hydrogens (tertiary/aromatic N) is 1. The quantitative estimate of drug-likeness (QED) is 0.880. The van der Waals surface area contributed by atoms with Gasteiger partial charge in [-0.15, -0.1) is 0 Å². The molecule has 0 amide bonds. The molecule has 1 aliphatic heterocycles. The van der Waals surface area contributed by atoms with Crippen LogP contribution in [0, 0.1) is 5.92 Å². The number of carboxylic acids is 1. The fourth-order valence-electron chi connectivity index (χ4n) is 3.33. The number of fused-ring (bicyclic) bond motifs is 1. The molecule has 2 N–H and O–H groups in total. The Morgan fingerprint density at radius 2 is 1.96 bits per heavy atom. The monoisotopic (exact) mass is 336 g/mol. The third kappa shape index (κ3) is 3.39. The van der Waals surface area contributed by atoms with Gasteiger partial charge in [0.2, 0.25) is 0 Å². The van der Waals surface area contributed by atoms with Gasteiger partial charge in [-0.2, -0.15) is 0 Å². The highest BCUT2D eigenvalue weighted by molar-refractivity contribution is 7.90. The molecule has 1 atom stereocenters. The molecule has 1 fully saturated rings. The molecule has 0 radical (unpaired) electrons. The van der Waals surface area contributed by atoms with E-state index >= 15 is 0 Å². The van der Waals surface area contributed by atoms with Crippen molar-refractivity contribution < 1.29 is 18.3 Å². The number of aliphatic imine (C=N–C) groups is 1. The molecule has 3 rings (SSSR count). The van der Waals surface area contributed by atoms with Crippen molar-refractivity contribution in [1.29, 1.82) is 0 Å². The first-order valence-corrected chi connectivity index (χ1v) is 9.38. The Morgan fingerprint density at radius 3 is 2.65 bits per heavy atom. The first kappa shape index (κ1) is 16.0. The van der Waals surface area contributed by atoms with E-state index in [2.05, 4.69) is 9.71 Å². The fraction of sp³-hybridized carbons (Fsp3) is 0.500. The van der Waals surface area contributed by atoms with Crippen LogP contribution in [0.2, 0.25) is 0 Å². The standard InChI is InChI=1S/C16H20N2O4S/c19-16(20)13(10-11-6-2-1-3-7-11)17-15-12-8-4-5-9-14(12)23(21,22)18-15/h4-5,8-9,11,13H,1-3,6-7,10H2,(H,17,18)(H,19,20)/t13-/m0/s1. The molecule has 124 valence electrons. The Hall–Kier alpha value is -1.89. The van der Waals surface area contributed by atoms with Crippen molar-refractivity contribution in [2.45, 2.75) is 49.5 Å². The minimum Gasteiger partial charge on any atom is -0.480 e. The summed E-state index contributed by atoms with van der Waals surface area (Å²) in [6.07, 6.45) is 5.97. The molecule has 0 unspecified atom stereocenters. The van der Waals surface area contributed by atoms with Crippen LogP contribution in [0.15, 0.2) is 34.2 Å². The summed E-state index contributed by atoms with van der Waals surface area (Å²) in [5.74, 6) is -0.516. The summed E-state index contributed by atoms with van der Waals surface area (Å²) in [7, 11) is -3.63. The molecule has 23 heavy (non-hydrogen) atoms. The number of nitrogens with one attached hydrogen (secondary N) is 1. The number of rotatable bonds is 4. The van der Waals surface area contributed by atoms with Gasteiger partial charge in [-0.05, 0) is 24.5 Å². The van der Waals surface area contributed by atoms with Crippen LogP contribution < -0.4 is 4.72 Å². The van der Waals surface area contributed by atoms with Crippen molar-refractivity contribution >= 4 is 21.8 Å². The fourth-order valence-corrected chi connectivity index (χ4v) is 4.57. The van der Waals surface area contributed by atoms with Gasteiger partial charge in [0.25, 0.3) is 10.0 Å². The topological polar surface area (TPSA) is 95.8 Å². The maximum absolute atomic E-state index is 12.1. The SMILES string of the molecule is O=C(O)[C@H](CC1CCCCC1)N=C1NS(=O)(=O)c2ccccc21. The second kappa shape index (κ2) is 6.31. The first-order valence-electron chi connectivity index (χ1n) is 7.90. The summed E-state index contributed by atoms with van der Waals surface area (Å²) in [6, 6.07) is 5.58. The van der Waals surface area contributed by atoms with Crippen LogP contribution in [-0.2, 0) is 14.8 Å². The van der Waals surface area contributed by atoms with E-state index in [1.807, 2.05) is 0 Å². The van der Waals surface area contributed by atoms with E-state index in [-0.39, 0.29) is 10.7 Å². The van der Waals surface area contributed by atoms with Gasteiger partial charge in [-0.1, -0.05) is 44.2 Å². The van der Waals surface area contributed by atoms with Crippen molar-refractivity contribution in [3.63, 3.8) is 0 Å². The molecule has 0 saturated heterocycles. The normalized spacial score (nSPS) is 23.2. The number of sulfonamides is 1. The van der Waals surface area contributed by atoms with Crippen LogP contribution >= 0.6 is 0 Å². The third-order valence-electron chi connectivity index (χ3n) is 4.51. The molecule has 1 heterocycles. The molecule has 1 aromatic carbocycles. The molecule has 7 heteroatoms. The summed E-state index contributed by atoms with van der Waals surface area (Å²) >= 11 is 0. The van der Waals surface area contributed by atoms with Gasteiger partial charge in [0.1, 0.15) is 11.9 Å². The predicted molar refractivity (Wildman–Crippen MR) is 85.9 cm³/mol. The lowest BCUT2D eigenvalue weighted by atomic mass is 9.85. The lowest BCUT2D eigenvalue weighted by Crippen LogP contribution is -2.29. The van der Waals surface area contributed by atoms with Gasteiger partial charge in [-0.3, -0.25) is 9.71 Å². The molecule has 1 aromatic rings. The first-order chi connectivity index (χ1) is 11.0. The number of hydrogen-bond donors (Lipinski definition) is 2. The highest BCUT2D eigenvalue weighted by atomic mass is 32.2. The van der Waals surface area contributed by atoms with E-state index in [4.69, 9.17) is 0 Å². The van der Waals surface area contributed by atoms with E-state index < -0.39 is 22.0 Å². The van der Waals surface area contributed by atoms with Crippen LogP contribution in [0.5, 0.6) is 0 Å². The largest absolute Gasteiger partial charge is 0.480 e. The predicted octanol–water partition coefficient (Wildman–Crippen LogP) is 2.15. The Labute approximate surface area is 135 Å². The summed E-state index contributed by atoms with van der Waals surface area (Å²) < 4.78 is 26.5. The maximum Gasteiger partial charge on any atom is 0.328 e. The molecule has 0 spiro atoms. The average Bonchev–Trinajstić information content (AvgIpc) is 2.79. The minimum atomic E-state index is -3.63. The highest BCUT2D eigenvalue weighted by Gasteiger charge is 2.32. The van der Waals surface area contributed by atoms with Gasteiger partial charge in [0.05, 0.1) is 4.90 Å². The van der Waals surface area contributed by atoms with Crippen molar-refractivity contribution in [3.8, 4) is 0 Å². The zero-order chi connectivity index (χ0) is 16.4. The van der Waals surface area contributed by atoms with E-state index in [1.54, 1.807) is 18.2 Å². The minimum absolute atomic E-state index is 0.142. The number of amidine groups is 1. The van der Waals surface area contributed by atoms with Crippen molar-refractivity contribution in [2.75, 3.05) is 0 Å². The Balaban J connectivity index is 1.87. The van der Waals surface area contributed by atoms with Crippen LogP contribution in [-0.4, -0.2) is 31.4 Å². The number of carbonyl (C=O) groups is 1. The summed E-state index contributed by atoms with van der Waals surface area (Å²) in [4.78, 5) is 15.9. The molecule has 1 saturated carbocycles. The van der Waals surface area contributed by atoms with E-state index in [0.29, 0.717) is 17.9 Å². The zero-order valence-electron chi connectivity index (χ0n) is 12.7. The maximum atomic E-state index is 12.1. The smallest absolute Gasteiger partial charge is 0.328 e. The van der Waals surface area contributed by atoms with Gasteiger partial charge in [0.15, 0.2) is 0 Å². The molecular weight excluding hydrogens is 316 g/mol. The Morgan fingerprint density at radius 1 is 1.26 bits per heavy atom. The second-order valence-electron chi connectivity index (χ2n) is 6.17. The van der Waals surface area contributed by atoms with E-state index in [0.717, 1.165) is 25.7 Å². The second-order valence-corrected chi connectivity index (χ2v) is 7.82.